The molecule has 0 aliphatic carbocycles. The summed E-state index contributed by atoms with van der Waals surface area (Å²) in [5.74, 6) is 2.13. The first-order chi connectivity index (χ1) is 58.5. The summed E-state index contributed by atoms with van der Waals surface area (Å²) in [7, 11) is 0. The van der Waals surface area contributed by atoms with E-state index in [1.807, 2.05) is 36.5 Å². The predicted molar refractivity (Wildman–Crippen MR) is 494 cm³/mol. The van der Waals surface area contributed by atoms with E-state index in [-0.39, 0.29) is 0 Å². The summed E-state index contributed by atoms with van der Waals surface area (Å²) >= 11 is 1.77. The molecule has 0 bridgehead atoms. The highest BCUT2D eigenvalue weighted by molar-refractivity contribution is 7.26. The van der Waals surface area contributed by atoms with Crippen molar-refractivity contribution in [3.8, 4) is 90.2 Å². The zero-order chi connectivity index (χ0) is 77.5. The molecule has 0 unspecified atom stereocenters. The lowest BCUT2D eigenvalue weighted by atomic mass is 9.93. The molecular weight excluding hydrogens is 1460 g/mol. The van der Waals surface area contributed by atoms with Crippen molar-refractivity contribution in [3.63, 3.8) is 0 Å². The van der Waals surface area contributed by atoms with Crippen LogP contribution in [0.5, 0.6) is 0 Å². The monoisotopic (exact) mass is 1520 g/mol. The maximum atomic E-state index is 6.75. The molecule has 25 aromatic rings. The zero-order valence-electron chi connectivity index (χ0n) is 63.5. The summed E-state index contributed by atoms with van der Waals surface area (Å²) < 4.78 is 13.8. The predicted octanol–water partition coefficient (Wildman–Crippen LogP) is 29.4. The van der Waals surface area contributed by atoms with Crippen LogP contribution in [0.2, 0.25) is 0 Å². The van der Waals surface area contributed by atoms with Crippen molar-refractivity contribution in [2.24, 2.45) is 0 Å². The van der Waals surface area contributed by atoms with E-state index in [1.54, 1.807) is 11.3 Å². The van der Waals surface area contributed by atoms with Crippen LogP contribution in [0, 0.1) is 0 Å². The van der Waals surface area contributed by atoms with Crippen LogP contribution in [0.3, 0.4) is 0 Å². The van der Waals surface area contributed by atoms with E-state index >= 15 is 0 Å². The second-order valence-corrected chi connectivity index (χ2v) is 31.6. The van der Waals surface area contributed by atoms with Crippen LogP contribution < -0.4 is 0 Å². The highest BCUT2D eigenvalue weighted by atomic mass is 32.1. The summed E-state index contributed by atoms with van der Waals surface area (Å²) in [5.41, 5.74) is 21.3. The Hall–Kier alpha value is -15.6. The number of hydrogen-bond donors (Lipinski definition) is 0. The molecule has 0 radical (unpaired) electrons. The third kappa shape index (κ3) is 10.9. The quantitative estimate of drug-likeness (QED) is 0.143. The third-order valence-corrected chi connectivity index (χ3v) is 24.9. The Bertz CT molecular complexity index is 8420. The topological polar surface area (TPSA) is 87.5 Å². The summed E-state index contributed by atoms with van der Waals surface area (Å²) in [5, 5.41) is 21.5. The molecule has 0 aliphatic heterocycles. The highest BCUT2D eigenvalue weighted by Crippen LogP contribution is 2.48. The van der Waals surface area contributed by atoms with Gasteiger partial charge in [-0.3, -0.25) is 4.57 Å². The largest absolute Gasteiger partial charge is 0.452 e. The van der Waals surface area contributed by atoms with Gasteiger partial charge in [-0.2, -0.15) is 0 Å². The number of hydrogen-bond acceptors (Lipinski definition) is 7. The first-order valence-electron chi connectivity index (χ1n) is 39.9. The Balaban J connectivity index is 0.000000135. The van der Waals surface area contributed by atoms with Crippen LogP contribution in [0.4, 0.5) is 0 Å². The Morgan fingerprint density at radius 2 is 0.780 bits per heavy atom. The Morgan fingerprint density at radius 1 is 0.263 bits per heavy atom. The van der Waals surface area contributed by atoms with Gasteiger partial charge in [0.25, 0.3) is 0 Å². The maximum Gasteiger partial charge on any atom is 0.180 e. The van der Waals surface area contributed by atoms with Crippen molar-refractivity contribution in [1.29, 1.82) is 0 Å². The van der Waals surface area contributed by atoms with Gasteiger partial charge in [-0.15, -0.1) is 11.3 Å². The van der Waals surface area contributed by atoms with Crippen molar-refractivity contribution in [1.82, 2.24) is 34.1 Å². The minimum absolute atomic E-state index is 0.583. The van der Waals surface area contributed by atoms with Gasteiger partial charge in [0.2, 0.25) is 0 Å². The van der Waals surface area contributed by atoms with Gasteiger partial charge in [-0.25, -0.2) is 24.9 Å². The van der Waals surface area contributed by atoms with Crippen molar-refractivity contribution >= 4 is 162 Å². The summed E-state index contributed by atoms with van der Waals surface area (Å²) in [6.45, 7) is 0. The van der Waals surface area contributed by atoms with Crippen LogP contribution in [0.25, 0.3) is 241 Å². The normalized spacial score (nSPS) is 11.9. The van der Waals surface area contributed by atoms with Gasteiger partial charge < -0.3 is 8.98 Å². The molecule has 0 N–H and O–H groups in total. The zero-order valence-corrected chi connectivity index (χ0v) is 64.3. The molecular formula is C109H65N7OS. The average molecular weight is 1520 g/mol. The fourth-order valence-corrected chi connectivity index (χ4v) is 19.3. The Morgan fingerprint density at radius 3 is 1.47 bits per heavy atom. The van der Waals surface area contributed by atoms with Gasteiger partial charge in [0.05, 0.1) is 43.7 Å². The van der Waals surface area contributed by atoms with Gasteiger partial charge in [0.15, 0.2) is 17.2 Å². The summed E-state index contributed by atoms with van der Waals surface area (Å²) in [6.07, 6.45) is 1.90. The minimum atomic E-state index is 0.583. The first-order valence-corrected chi connectivity index (χ1v) is 40.7. The van der Waals surface area contributed by atoms with Gasteiger partial charge >= 0.3 is 0 Å². The third-order valence-electron chi connectivity index (χ3n) is 23.8. The van der Waals surface area contributed by atoms with Crippen LogP contribution >= 0.6 is 11.3 Å². The van der Waals surface area contributed by atoms with Gasteiger partial charge in [-0.1, -0.05) is 303 Å². The Kier molecular flexibility index (Phi) is 15.4. The molecule has 0 atom stereocenters. The molecule has 0 saturated carbocycles. The average Bonchev–Trinajstić information content (AvgIpc) is 1.56. The SMILES string of the molecule is c1ccc(-c2cc3oc4c(-c5ccccc5)nc(-c5ccc(-n6c7cc8ccccc8cc7c7ccc8ccccc8c76)nc5)nc4c3cc2-c2ccccc2)cc1.c1ccc(-c2nc(-c3ccc(-n4c5cc6ccccc6cc5c5c6ccccc6ccc54)c4ccccc34)nc3c2sc2ccc(-c4ccc5ccccc5c4)cc23)cc1. The van der Waals surface area contributed by atoms with E-state index < -0.39 is 0 Å². The van der Waals surface area contributed by atoms with E-state index in [2.05, 4.69) is 367 Å². The van der Waals surface area contributed by atoms with E-state index in [0.29, 0.717) is 11.4 Å². The molecule has 0 aliphatic rings. The molecule has 9 heteroatoms. The van der Waals surface area contributed by atoms with Gasteiger partial charge in [-0.05, 0) is 172 Å². The molecule has 548 valence electrons. The minimum Gasteiger partial charge on any atom is -0.452 e. The van der Waals surface area contributed by atoms with Crippen LogP contribution in [0.15, 0.2) is 399 Å². The molecule has 118 heavy (non-hydrogen) atoms. The number of thiophene rings is 1. The number of pyridine rings is 1. The van der Waals surface area contributed by atoms with Crippen molar-refractivity contribution in [3.05, 3.63) is 394 Å². The second kappa shape index (κ2) is 27.1. The molecule has 25 rings (SSSR count). The Labute approximate surface area is 680 Å². The summed E-state index contributed by atoms with van der Waals surface area (Å²) in [4.78, 5) is 26.6. The van der Waals surface area contributed by atoms with Gasteiger partial charge in [0, 0.05) is 76.2 Å². The van der Waals surface area contributed by atoms with Crippen LogP contribution in [0.1, 0.15) is 0 Å². The molecule has 8 nitrogen and oxygen atoms in total. The lowest BCUT2D eigenvalue weighted by molar-refractivity contribution is 0.667. The number of fused-ring (bicyclic) bond motifs is 20. The second-order valence-electron chi connectivity index (χ2n) is 30.5. The first kappa shape index (κ1) is 67.0. The number of rotatable bonds is 9. The van der Waals surface area contributed by atoms with Crippen molar-refractivity contribution < 1.29 is 4.42 Å². The molecule has 7 heterocycles. The molecule has 0 fully saturated rings. The fourth-order valence-electron chi connectivity index (χ4n) is 18.2. The molecule has 0 amide bonds. The van der Waals surface area contributed by atoms with E-state index in [1.165, 1.54) is 102 Å². The number of aromatic nitrogens is 7. The number of furan rings is 1. The maximum absolute atomic E-state index is 6.75. The van der Waals surface area contributed by atoms with E-state index in [4.69, 9.17) is 29.3 Å². The molecule has 18 aromatic carbocycles. The lowest BCUT2D eigenvalue weighted by Gasteiger charge is -2.15. The summed E-state index contributed by atoms with van der Waals surface area (Å²) in [6, 6.07) is 139. The highest BCUT2D eigenvalue weighted by Gasteiger charge is 2.26. The standard InChI is InChI=1S/C56H33N3S.C53H32N4O/c1-2-14-36(15-3-1)53-55-54(47-32-41(25-29-51(47)60-55)40-23-22-34-12-4-5-16-37(34)30-40)58-56(57-53)45-26-28-48(44-21-11-10-20-43(44)45)59-49-27-24-35-13-8-9-19-42(35)52(49)46-31-38-17-6-7-18-39(38)33-50(46)59;1-4-14-33(15-5-1)42-30-45-47(31-43(42)34-16-6-2-7-17-34)58-52-49(36-19-8-3-9-20-36)55-53(56-50(45)52)39-25-27-48(54-32-39)57-46-29-38-22-11-10-21-37(38)28-44(46)41-26-24-35-18-12-13-23-40(35)51(41)57/h1-33H;1-32H. The molecule has 0 saturated heterocycles. The smallest absolute Gasteiger partial charge is 0.180 e. The van der Waals surface area contributed by atoms with Crippen LogP contribution in [-0.4, -0.2) is 34.1 Å². The number of nitrogens with zero attached hydrogens (tertiary/aromatic N) is 7. The number of benzene rings is 18. The van der Waals surface area contributed by atoms with Crippen molar-refractivity contribution in [2.75, 3.05) is 0 Å². The van der Waals surface area contributed by atoms with Gasteiger partial charge in [0.1, 0.15) is 22.6 Å². The van der Waals surface area contributed by atoms with Crippen molar-refractivity contribution in [2.45, 2.75) is 0 Å². The molecule has 7 aromatic heterocycles. The molecule has 0 spiro atoms. The van der Waals surface area contributed by atoms with E-state index in [0.717, 1.165) is 127 Å². The lowest BCUT2D eigenvalue weighted by Crippen LogP contribution is -1.99. The fraction of sp³-hybridized carbons (Fsp3) is 0. The van der Waals surface area contributed by atoms with E-state index in [9.17, 15) is 0 Å². The van der Waals surface area contributed by atoms with Crippen LogP contribution in [-0.2, 0) is 0 Å².